The second-order valence-corrected chi connectivity index (χ2v) is 26.6. The van der Waals surface area contributed by atoms with Crippen molar-refractivity contribution in [1.82, 2.24) is 0 Å². The normalized spacial score (nSPS) is 12.4. The molecule has 0 spiro atoms. The molecule has 0 radical (unpaired) electrons. The van der Waals surface area contributed by atoms with Crippen LogP contribution in [0.15, 0.2) is 66.7 Å². The molecule has 0 heterocycles. The molecule has 7 heteroatoms. The molecule has 0 aliphatic rings. The minimum Gasteiger partial charge on any atom is -0.493 e. The summed E-state index contributed by atoms with van der Waals surface area (Å²) in [7, 11) is 0. The minimum absolute atomic E-state index is 0.183. The highest BCUT2D eigenvalue weighted by Gasteiger charge is 2.10. The Labute approximate surface area is 289 Å². The highest BCUT2D eigenvalue weighted by Crippen LogP contribution is 2.59. The van der Waals surface area contributed by atoms with Crippen molar-refractivity contribution < 1.29 is 9.47 Å². The predicted octanol–water partition coefficient (Wildman–Crippen LogP) is 14.5. The minimum atomic E-state index is -0.183. The summed E-state index contributed by atoms with van der Waals surface area (Å²) in [5, 5.41) is 0.822. The average molecular weight is 850 g/mol. The van der Waals surface area contributed by atoms with E-state index in [-0.39, 0.29) is 4.03 Å². The van der Waals surface area contributed by atoms with Crippen LogP contribution in [0.5, 0.6) is 11.5 Å². The van der Waals surface area contributed by atoms with Crippen LogP contribution in [-0.2, 0) is 5.33 Å². The van der Waals surface area contributed by atoms with E-state index < -0.39 is 0 Å². The lowest BCUT2D eigenvalue weighted by atomic mass is 9.96. The first-order valence-electron chi connectivity index (χ1n) is 15.3. The first-order valence-corrected chi connectivity index (χ1v) is 23.8. The summed E-state index contributed by atoms with van der Waals surface area (Å²) in [5.74, 6) is 3.18. The summed E-state index contributed by atoms with van der Waals surface area (Å²) in [5.41, 5.74) is 6.12. The van der Waals surface area contributed by atoms with Crippen LogP contribution in [-0.4, -0.2) is 13.2 Å². The molecule has 3 aromatic rings. The van der Waals surface area contributed by atoms with E-state index in [1.165, 1.54) is 79.2 Å². The first-order chi connectivity index (χ1) is 20.3. The van der Waals surface area contributed by atoms with E-state index in [1.807, 2.05) is 0 Å². The summed E-state index contributed by atoms with van der Waals surface area (Å²) in [6.45, 7) is 10.6. The van der Waals surface area contributed by atoms with Crippen molar-refractivity contribution in [2.45, 2.75) is 84.4 Å². The van der Waals surface area contributed by atoms with E-state index in [2.05, 4.69) is 157 Å². The zero-order chi connectivity index (χ0) is 30.7. The molecule has 0 aromatic heterocycles. The Morgan fingerprint density at radius 3 is 1.29 bits per heavy atom. The third-order valence-corrected chi connectivity index (χ3v) is 8.23. The van der Waals surface area contributed by atoms with Crippen molar-refractivity contribution in [2.24, 2.45) is 11.8 Å². The molecule has 2 atom stereocenters. The van der Waals surface area contributed by atoms with Crippen molar-refractivity contribution in [1.29, 1.82) is 0 Å². The van der Waals surface area contributed by atoms with Gasteiger partial charge in [0.2, 0.25) is 0 Å². The summed E-state index contributed by atoms with van der Waals surface area (Å²) in [6, 6.07) is 24.0. The van der Waals surface area contributed by atoms with E-state index in [4.69, 9.17) is 9.47 Å². The standard InChI is InChI=1S/C35H47BrO2.Br3P/c1-5-9-11-27(7-3)25-37-34-17-13-30(14-18-34)32-21-29(24-36)22-33(23-32)31-15-19-35(20-16-31)38-26-28(8-4)12-10-6-2;1-4(2)3/h13-23,27-28H,5-12,24-26H2,1-4H3;. The zero-order valence-corrected chi connectivity index (χ0v) is 32.8. The Morgan fingerprint density at radius 2 is 0.976 bits per heavy atom. The lowest BCUT2D eigenvalue weighted by Gasteiger charge is -2.16. The molecule has 0 fully saturated rings. The van der Waals surface area contributed by atoms with Gasteiger partial charge in [-0.05, 0) is 129 Å². The van der Waals surface area contributed by atoms with Gasteiger partial charge >= 0.3 is 0 Å². The van der Waals surface area contributed by atoms with Gasteiger partial charge < -0.3 is 9.47 Å². The molecule has 2 nitrogen and oxygen atoms in total. The van der Waals surface area contributed by atoms with Crippen molar-refractivity contribution in [3.8, 4) is 33.8 Å². The van der Waals surface area contributed by atoms with Crippen LogP contribution in [0.4, 0.5) is 0 Å². The van der Waals surface area contributed by atoms with Crippen LogP contribution in [0.3, 0.4) is 0 Å². The maximum atomic E-state index is 6.14. The third kappa shape index (κ3) is 14.6. The molecular weight excluding hydrogens is 803 g/mol. The monoisotopic (exact) mass is 846 g/mol. The van der Waals surface area contributed by atoms with Gasteiger partial charge in [-0.15, -0.1) is 0 Å². The SMILES string of the molecule is BrP(Br)Br.CCCCC(CC)COc1ccc(-c2cc(CBr)cc(-c3ccc(OCC(CC)CCCC)cc3)c2)cc1. The fourth-order valence-corrected chi connectivity index (χ4v) is 5.14. The molecule has 0 amide bonds. The Kier molecular flexibility index (Phi) is 19.9. The Hall–Kier alpha value is -0.390. The Bertz CT molecular complexity index is 1040. The number of hydrogen-bond acceptors (Lipinski definition) is 2. The number of hydrogen-bond donors (Lipinski definition) is 0. The molecule has 0 bridgehead atoms. The first kappa shape index (κ1) is 37.8. The third-order valence-electron chi connectivity index (χ3n) is 7.58. The van der Waals surface area contributed by atoms with Gasteiger partial charge in [0, 0.05) is 5.33 Å². The molecule has 2 unspecified atom stereocenters. The second-order valence-electron chi connectivity index (χ2n) is 10.7. The van der Waals surface area contributed by atoms with Crippen LogP contribution < -0.4 is 9.47 Å². The maximum absolute atomic E-state index is 6.14. The molecule has 0 saturated heterocycles. The van der Waals surface area contributed by atoms with Gasteiger partial charge in [-0.25, -0.2) is 0 Å². The van der Waals surface area contributed by atoms with Crippen molar-refractivity contribution in [3.63, 3.8) is 0 Å². The molecule has 0 aliphatic carbocycles. The van der Waals surface area contributed by atoms with Gasteiger partial charge in [0.05, 0.1) is 13.2 Å². The van der Waals surface area contributed by atoms with Crippen LogP contribution in [0.2, 0.25) is 0 Å². The summed E-state index contributed by atoms with van der Waals surface area (Å²) < 4.78 is 12.1. The number of ether oxygens (including phenoxy) is 2. The van der Waals surface area contributed by atoms with E-state index in [0.29, 0.717) is 11.8 Å². The predicted molar refractivity (Wildman–Crippen MR) is 201 cm³/mol. The van der Waals surface area contributed by atoms with Gasteiger partial charge in [0.25, 0.3) is 0 Å². The van der Waals surface area contributed by atoms with Crippen molar-refractivity contribution >= 4 is 66.4 Å². The molecule has 0 N–H and O–H groups in total. The average Bonchev–Trinajstić information content (AvgIpc) is 3.01. The van der Waals surface area contributed by atoms with Crippen LogP contribution in [0.25, 0.3) is 22.3 Å². The topological polar surface area (TPSA) is 18.5 Å². The van der Waals surface area contributed by atoms with Crippen LogP contribution >= 0.6 is 66.4 Å². The largest absolute Gasteiger partial charge is 0.493 e. The second kappa shape index (κ2) is 22.2. The maximum Gasteiger partial charge on any atom is 0.119 e. The highest BCUT2D eigenvalue weighted by molar-refractivity contribution is 9.93. The van der Waals surface area contributed by atoms with E-state index in [9.17, 15) is 0 Å². The van der Waals surface area contributed by atoms with Crippen LogP contribution in [0.1, 0.15) is 84.6 Å². The van der Waals surface area contributed by atoms with Crippen molar-refractivity contribution in [2.75, 3.05) is 13.2 Å². The van der Waals surface area contributed by atoms with E-state index in [0.717, 1.165) is 30.0 Å². The molecule has 42 heavy (non-hydrogen) atoms. The molecular formula is C35H47Br4O2P. The highest BCUT2D eigenvalue weighted by atomic mass is 80.0. The fourth-order valence-electron chi connectivity index (χ4n) is 4.81. The van der Waals surface area contributed by atoms with Gasteiger partial charge in [0.15, 0.2) is 0 Å². The molecule has 0 saturated carbocycles. The van der Waals surface area contributed by atoms with Crippen LogP contribution in [0, 0.1) is 11.8 Å². The quantitative estimate of drug-likeness (QED) is 0.0995. The van der Waals surface area contributed by atoms with Gasteiger partial charge in [0.1, 0.15) is 15.5 Å². The number of rotatable bonds is 17. The zero-order valence-electron chi connectivity index (χ0n) is 25.6. The molecule has 3 aromatic carbocycles. The van der Waals surface area contributed by atoms with Crippen molar-refractivity contribution in [3.05, 3.63) is 72.3 Å². The number of alkyl halides is 1. The van der Waals surface area contributed by atoms with Gasteiger partial charge in [-0.3, -0.25) is 0 Å². The molecule has 3 rings (SSSR count). The fraction of sp³-hybridized carbons (Fsp3) is 0.486. The molecule has 232 valence electrons. The lowest BCUT2D eigenvalue weighted by molar-refractivity contribution is 0.233. The Balaban J connectivity index is 0.00000144. The number of benzene rings is 3. The van der Waals surface area contributed by atoms with Gasteiger partial charge in [-0.2, -0.15) is 0 Å². The summed E-state index contributed by atoms with van der Waals surface area (Å²) in [6.07, 6.45) is 9.89. The number of halogens is 4. The summed E-state index contributed by atoms with van der Waals surface area (Å²) >= 11 is 13.2. The number of unbranched alkanes of at least 4 members (excludes halogenated alkanes) is 2. The smallest absolute Gasteiger partial charge is 0.119 e. The molecule has 0 aliphatic heterocycles. The lowest BCUT2D eigenvalue weighted by Crippen LogP contribution is -2.11. The van der Waals surface area contributed by atoms with Gasteiger partial charge in [-0.1, -0.05) is 119 Å². The Morgan fingerprint density at radius 1 is 0.595 bits per heavy atom. The van der Waals surface area contributed by atoms with E-state index in [1.54, 1.807) is 0 Å². The van der Waals surface area contributed by atoms with E-state index >= 15 is 0 Å². The summed E-state index contributed by atoms with van der Waals surface area (Å²) in [4.78, 5) is 0.